The second-order valence-electron chi connectivity index (χ2n) is 6.10. The molecular weight excluding hydrogens is 262 g/mol. The molecule has 0 radical (unpaired) electrons. The van der Waals surface area contributed by atoms with Crippen molar-refractivity contribution in [3.63, 3.8) is 0 Å². The molecule has 1 aromatic carbocycles. The third-order valence-electron chi connectivity index (χ3n) is 4.64. The van der Waals surface area contributed by atoms with E-state index in [4.69, 9.17) is 4.98 Å². The van der Waals surface area contributed by atoms with Crippen molar-refractivity contribution in [2.24, 2.45) is 17.0 Å². The van der Waals surface area contributed by atoms with Crippen LogP contribution >= 0.6 is 0 Å². The maximum Gasteiger partial charge on any atom is 0.129 e. The van der Waals surface area contributed by atoms with Gasteiger partial charge in [-0.25, -0.2) is 4.98 Å². The van der Waals surface area contributed by atoms with Gasteiger partial charge in [-0.3, -0.25) is 0 Å². The van der Waals surface area contributed by atoms with E-state index in [0.29, 0.717) is 5.69 Å². The first-order chi connectivity index (χ1) is 10.3. The zero-order chi connectivity index (χ0) is 14.4. The van der Waals surface area contributed by atoms with Gasteiger partial charge >= 0.3 is 0 Å². The van der Waals surface area contributed by atoms with Gasteiger partial charge in [0.2, 0.25) is 0 Å². The van der Waals surface area contributed by atoms with Crippen molar-refractivity contribution < 1.29 is 0 Å². The van der Waals surface area contributed by atoms with E-state index in [-0.39, 0.29) is 0 Å². The smallest absolute Gasteiger partial charge is 0.129 e. The highest BCUT2D eigenvalue weighted by molar-refractivity contribution is 5.76. The van der Waals surface area contributed by atoms with Crippen molar-refractivity contribution in [2.75, 3.05) is 18.0 Å². The normalized spacial score (nSPS) is 23.0. The maximum absolute atomic E-state index is 11.1. The van der Waals surface area contributed by atoms with Crippen molar-refractivity contribution in [3.8, 4) is 11.3 Å². The molecule has 1 aromatic heterocycles. The van der Waals surface area contributed by atoms with Crippen molar-refractivity contribution in [2.45, 2.75) is 13.3 Å². The van der Waals surface area contributed by atoms with Crippen molar-refractivity contribution >= 4 is 11.5 Å². The minimum Gasteiger partial charge on any atom is -0.356 e. The Bertz CT molecular complexity index is 703. The number of nitroso groups, excluding NO2 is 1. The molecular formula is C17H17N3O. The molecule has 4 rings (SSSR count). The molecule has 2 heterocycles. The first-order valence-corrected chi connectivity index (χ1v) is 7.41. The molecule has 4 nitrogen and oxygen atoms in total. The fraction of sp³-hybridized carbons (Fsp3) is 0.353. The Hall–Kier alpha value is -2.23. The van der Waals surface area contributed by atoms with E-state index < -0.39 is 0 Å². The molecule has 1 saturated carbocycles. The molecule has 2 atom stereocenters. The molecule has 1 saturated heterocycles. The van der Waals surface area contributed by atoms with Crippen LogP contribution < -0.4 is 4.90 Å². The van der Waals surface area contributed by atoms with Gasteiger partial charge in [0.1, 0.15) is 11.5 Å². The summed E-state index contributed by atoms with van der Waals surface area (Å²) in [5, 5.41) is 3.19. The lowest BCUT2D eigenvalue weighted by Gasteiger charge is -2.19. The molecule has 2 aliphatic rings. The van der Waals surface area contributed by atoms with Crippen molar-refractivity contribution in [1.29, 1.82) is 0 Å². The molecule has 21 heavy (non-hydrogen) atoms. The van der Waals surface area contributed by atoms with Gasteiger partial charge in [-0.15, -0.1) is 4.91 Å². The second kappa shape index (κ2) is 4.65. The molecule has 2 aromatic rings. The van der Waals surface area contributed by atoms with E-state index in [9.17, 15) is 4.91 Å². The largest absolute Gasteiger partial charge is 0.356 e. The van der Waals surface area contributed by atoms with E-state index >= 15 is 0 Å². The Balaban J connectivity index is 1.72. The van der Waals surface area contributed by atoms with Gasteiger partial charge in [0.15, 0.2) is 0 Å². The number of piperidine rings is 1. The Morgan fingerprint density at radius 3 is 2.67 bits per heavy atom. The molecule has 0 bridgehead atoms. The summed E-state index contributed by atoms with van der Waals surface area (Å²) >= 11 is 0. The summed E-state index contributed by atoms with van der Waals surface area (Å²) in [6.45, 7) is 4.14. The predicted octanol–water partition coefficient (Wildman–Crippen LogP) is 3.91. The van der Waals surface area contributed by atoms with Gasteiger partial charge in [0.05, 0.1) is 5.69 Å². The number of aromatic nitrogens is 1. The fourth-order valence-electron chi connectivity index (χ4n) is 3.32. The Morgan fingerprint density at radius 2 is 1.90 bits per heavy atom. The number of benzene rings is 1. The first-order valence-electron chi connectivity index (χ1n) is 7.41. The topological polar surface area (TPSA) is 45.6 Å². The van der Waals surface area contributed by atoms with Gasteiger partial charge in [-0.1, -0.05) is 24.3 Å². The summed E-state index contributed by atoms with van der Waals surface area (Å²) in [6.07, 6.45) is 1.38. The zero-order valence-electron chi connectivity index (χ0n) is 12.0. The van der Waals surface area contributed by atoms with E-state index in [1.54, 1.807) is 0 Å². The van der Waals surface area contributed by atoms with Crippen LogP contribution in [0.1, 0.15) is 12.0 Å². The number of nitrogens with zero attached hydrogens (tertiary/aromatic N) is 3. The lowest BCUT2D eigenvalue weighted by atomic mass is 10.1. The van der Waals surface area contributed by atoms with Crippen molar-refractivity contribution in [1.82, 2.24) is 4.98 Å². The van der Waals surface area contributed by atoms with Crippen LogP contribution in [0.25, 0.3) is 11.3 Å². The molecule has 0 unspecified atom stereocenters. The lowest BCUT2D eigenvalue weighted by Crippen LogP contribution is -2.22. The molecule has 2 fully saturated rings. The molecule has 1 aliphatic carbocycles. The number of anilines is 1. The van der Waals surface area contributed by atoms with Crippen LogP contribution in [0.3, 0.4) is 0 Å². The average molecular weight is 279 g/mol. The number of rotatable bonds is 3. The number of hydrogen-bond acceptors (Lipinski definition) is 4. The molecule has 0 spiro atoms. The highest BCUT2D eigenvalue weighted by atomic mass is 16.3. The SMILES string of the molecule is Cc1cccc(-c2cccc(N3C[C@H]4C[C@H]4C3)n2)c1N=O. The molecule has 0 N–H and O–H groups in total. The van der Waals surface area contributed by atoms with Crippen LogP contribution in [0.15, 0.2) is 41.6 Å². The summed E-state index contributed by atoms with van der Waals surface area (Å²) in [4.78, 5) is 18.2. The van der Waals surface area contributed by atoms with E-state index in [1.807, 2.05) is 37.3 Å². The van der Waals surface area contributed by atoms with Gasteiger partial charge < -0.3 is 4.90 Å². The maximum atomic E-state index is 11.1. The standard InChI is InChI=1S/C17H17N3O/c1-11-4-2-5-14(17(11)19-21)15-6-3-7-16(18-15)20-9-12-8-13(12)10-20/h2-7,12-13H,8-10H2,1H3/t12-,13+. The van der Waals surface area contributed by atoms with E-state index in [1.165, 1.54) is 6.42 Å². The average Bonchev–Trinajstić information content (AvgIpc) is 3.13. The zero-order valence-corrected chi connectivity index (χ0v) is 12.0. The molecule has 0 amide bonds. The summed E-state index contributed by atoms with van der Waals surface area (Å²) in [6, 6.07) is 11.8. The van der Waals surface area contributed by atoms with Gasteiger partial charge in [-0.2, -0.15) is 0 Å². The monoisotopic (exact) mass is 279 g/mol. The fourth-order valence-corrected chi connectivity index (χ4v) is 3.32. The third kappa shape index (κ3) is 2.11. The summed E-state index contributed by atoms with van der Waals surface area (Å²) in [7, 11) is 0. The predicted molar refractivity (Wildman–Crippen MR) is 83.7 cm³/mol. The number of pyridine rings is 1. The first kappa shape index (κ1) is 12.5. The van der Waals surface area contributed by atoms with Crippen LogP contribution in [0, 0.1) is 23.7 Å². The Labute approximate surface area is 123 Å². The van der Waals surface area contributed by atoms with E-state index in [0.717, 1.165) is 47.6 Å². The van der Waals surface area contributed by atoms with Crippen LogP contribution in [-0.2, 0) is 0 Å². The van der Waals surface area contributed by atoms with Crippen LogP contribution in [0.2, 0.25) is 0 Å². The molecule has 4 heteroatoms. The highest BCUT2D eigenvalue weighted by Crippen LogP contribution is 2.46. The highest BCUT2D eigenvalue weighted by Gasteiger charge is 2.45. The molecule has 1 aliphatic heterocycles. The van der Waals surface area contributed by atoms with Crippen molar-refractivity contribution in [3.05, 3.63) is 46.9 Å². The Kier molecular flexibility index (Phi) is 2.77. The van der Waals surface area contributed by atoms with Gasteiger partial charge in [-0.05, 0) is 48.1 Å². The second-order valence-corrected chi connectivity index (χ2v) is 6.10. The lowest BCUT2D eigenvalue weighted by molar-refractivity contribution is 0.806. The van der Waals surface area contributed by atoms with Crippen LogP contribution in [0.5, 0.6) is 0 Å². The van der Waals surface area contributed by atoms with Gasteiger partial charge in [0, 0.05) is 18.7 Å². The quantitative estimate of drug-likeness (QED) is 0.800. The number of fused-ring (bicyclic) bond motifs is 1. The summed E-state index contributed by atoms with van der Waals surface area (Å²) in [5.41, 5.74) is 3.02. The third-order valence-corrected chi connectivity index (χ3v) is 4.64. The van der Waals surface area contributed by atoms with Crippen LogP contribution in [-0.4, -0.2) is 18.1 Å². The van der Waals surface area contributed by atoms with Crippen LogP contribution in [0.4, 0.5) is 11.5 Å². The van der Waals surface area contributed by atoms with Gasteiger partial charge in [0.25, 0.3) is 0 Å². The van der Waals surface area contributed by atoms with E-state index in [2.05, 4.69) is 16.1 Å². The summed E-state index contributed by atoms with van der Waals surface area (Å²) < 4.78 is 0. The Morgan fingerprint density at radius 1 is 1.14 bits per heavy atom. The molecule has 106 valence electrons. The number of hydrogen-bond donors (Lipinski definition) is 0. The summed E-state index contributed by atoms with van der Waals surface area (Å²) in [5.74, 6) is 2.77. The number of aryl methyl sites for hydroxylation is 1. The minimum atomic E-state index is 0.492. The minimum absolute atomic E-state index is 0.492.